The third-order valence-corrected chi connectivity index (χ3v) is 5.21. The van der Waals surface area contributed by atoms with Gasteiger partial charge >= 0.3 is 0 Å². The van der Waals surface area contributed by atoms with Crippen molar-refractivity contribution in [2.24, 2.45) is 0 Å². The van der Waals surface area contributed by atoms with Gasteiger partial charge in [0, 0.05) is 23.2 Å². The second kappa shape index (κ2) is 6.74. The molecule has 0 fully saturated rings. The van der Waals surface area contributed by atoms with Crippen molar-refractivity contribution in [2.75, 3.05) is 5.32 Å². The van der Waals surface area contributed by atoms with E-state index in [4.69, 9.17) is 0 Å². The number of rotatable bonds is 3. The maximum Gasteiger partial charge on any atom is 0.277 e. The topological polar surface area (TPSA) is 113 Å². The van der Waals surface area contributed by atoms with Crippen molar-refractivity contribution < 1.29 is 9.78 Å². The van der Waals surface area contributed by atoms with Gasteiger partial charge in [-0.2, -0.15) is 0 Å². The third kappa shape index (κ3) is 2.89. The summed E-state index contributed by atoms with van der Waals surface area (Å²) < 4.78 is 0. The maximum absolute atomic E-state index is 12.9. The predicted octanol–water partition coefficient (Wildman–Crippen LogP) is 3.72. The van der Waals surface area contributed by atoms with Crippen LogP contribution in [0.25, 0.3) is 44.2 Å². The summed E-state index contributed by atoms with van der Waals surface area (Å²) in [5, 5.41) is 4.59. The van der Waals surface area contributed by atoms with E-state index in [1.54, 1.807) is 6.20 Å². The number of H-pyrrole nitrogens is 3. The summed E-state index contributed by atoms with van der Waals surface area (Å²) in [4.78, 5) is 36.0. The van der Waals surface area contributed by atoms with Gasteiger partial charge in [0.05, 0.1) is 5.52 Å². The molecule has 0 bridgehead atoms. The fourth-order valence-electron chi connectivity index (χ4n) is 3.77. The van der Waals surface area contributed by atoms with Gasteiger partial charge in [-0.1, -0.05) is 30.3 Å². The summed E-state index contributed by atoms with van der Waals surface area (Å²) in [7, 11) is 0. The van der Waals surface area contributed by atoms with Crippen LogP contribution in [-0.4, -0.2) is 30.8 Å². The Hall–Kier alpha value is -4.59. The third-order valence-electron chi connectivity index (χ3n) is 5.21. The molecule has 31 heavy (non-hydrogen) atoms. The molecule has 4 N–H and O–H groups in total. The molecule has 6 aromatic rings. The van der Waals surface area contributed by atoms with Crippen LogP contribution in [-0.2, 0) is 0 Å². The smallest absolute Gasteiger partial charge is 0.277 e. The second-order valence-corrected chi connectivity index (χ2v) is 7.15. The van der Waals surface area contributed by atoms with Gasteiger partial charge in [-0.3, -0.25) is 15.1 Å². The van der Waals surface area contributed by atoms with Crippen LogP contribution in [0.4, 0.5) is 5.95 Å². The summed E-state index contributed by atoms with van der Waals surface area (Å²) in [5.41, 5.74) is 4.47. The second-order valence-electron chi connectivity index (χ2n) is 7.15. The normalized spacial score (nSPS) is 11.4. The molecular weight excluding hydrogens is 390 g/mol. The zero-order valence-electron chi connectivity index (χ0n) is 16.2. The van der Waals surface area contributed by atoms with E-state index in [0.29, 0.717) is 23.0 Å². The van der Waals surface area contributed by atoms with Crippen molar-refractivity contribution in [1.29, 1.82) is 0 Å². The number of imidazole rings is 2. The Morgan fingerprint density at radius 3 is 2.81 bits per heavy atom. The lowest BCUT2D eigenvalue weighted by Gasteiger charge is -2.04. The van der Waals surface area contributed by atoms with Crippen LogP contribution in [0.1, 0.15) is 10.5 Å². The van der Waals surface area contributed by atoms with Crippen LogP contribution in [0.15, 0.2) is 73.2 Å². The monoisotopic (exact) mass is 406 g/mol. The van der Waals surface area contributed by atoms with Crippen LogP contribution >= 0.6 is 0 Å². The van der Waals surface area contributed by atoms with Gasteiger partial charge in [-0.25, -0.2) is 15.0 Å². The number of hydrogen-bond donors (Lipinski definition) is 3. The number of hydrogen-bond acceptors (Lipinski definition) is 4. The van der Waals surface area contributed by atoms with Gasteiger partial charge in [-0.15, -0.1) is 0 Å². The zero-order chi connectivity index (χ0) is 20.8. The quantitative estimate of drug-likeness (QED) is 0.416. The summed E-state index contributed by atoms with van der Waals surface area (Å²) in [6.07, 6.45) is 5.32. The number of nitrogens with zero attached hydrogens (tertiary/aromatic N) is 3. The standard InChI is InChI=1S/C23H15N7O/c31-22(20-14-5-2-1-4-13(14)8-11-25-20)30-23-28-17-7-3-6-15(19(17)29-23)21-26-16-9-10-24-12-18(16)27-21/h1-12H,(H,26,27)(H2,28,29,30,31)/p+1. The summed E-state index contributed by atoms with van der Waals surface area (Å²) in [5.74, 6) is 0.739. The molecule has 0 aliphatic rings. The molecular formula is C23H16N7O+. The molecule has 8 nitrogen and oxygen atoms in total. The molecule has 148 valence electrons. The summed E-state index contributed by atoms with van der Waals surface area (Å²) in [6, 6.07) is 17.2. The maximum atomic E-state index is 12.9. The van der Waals surface area contributed by atoms with Crippen molar-refractivity contribution in [1.82, 2.24) is 24.9 Å². The minimum atomic E-state index is -0.323. The Morgan fingerprint density at radius 1 is 0.935 bits per heavy atom. The Bertz CT molecular complexity index is 1560. The van der Waals surface area contributed by atoms with Gasteiger partial charge in [0.2, 0.25) is 5.95 Å². The number of aromatic amines is 3. The van der Waals surface area contributed by atoms with Crippen molar-refractivity contribution >= 4 is 44.7 Å². The zero-order valence-corrected chi connectivity index (χ0v) is 16.2. The number of amides is 1. The van der Waals surface area contributed by atoms with Crippen molar-refractivity contribution in [3.8, 4) is 11.4 Å². The number of nitrogens with one attached hydrogen (secondary N) is 4. The minimum absolute atomic E-state index is 0.323. The van der Waals surface area contributed by atoms with Gasteiger partial charge in [0.15, 0.2) is 12.4 Å². The Kier molecular flexibility index (Phi) is 3.76. The molecule has 0 saturated carbocycles. The van der Waals surface area contributed by atoms with Crippen molar-refractivity contribution in [2.45, 2.75) is 0 Å². The summed E-state index contributed by atoms with van der Waals surface area (Å²) in [6.45, 7) is 0. The average molecular weight is 406 g/mol. The summed E-state index contributed by atoms with van der Waals surface area (Å²) >= 11 is 0. The molecule has 1 amide bonds. The highest BCUT2D eigenvalue weighted by Gasteiger charge is 2.16. The number of fused-ring (bicyclic) bond motifs is 3. The first-order chi connectivity index (χ1) is 15.3. The lowest BCUT2D eigenvalue weighted by atomic mass is 10.1. The predicted molar refractivity (Wildman–Crippen MR) is 117 cm³/mol. The van der Waals surface area contributed by atoms with E-state index in [1.807, 2.05) is 67.0 Å². The van der Waals surface area contributed by atoms with E-state index in [0.717, 1.165) is 32.9 Å². The average Bonchev–Trinajstić information content (AvgIpc) is 3.42. The Labute approximate surface area is 175 Å². The first-order valence-corrected chi connectivity index (χ1v) is 9.76. The first kappa shape index (κ1) is 17.3. The first-order valence-electron chi connectivity index (χ1n) is 9.76. The highest BCUT2D eigenvalue weighted by molar-refractivity contribution is 6.11. The van der Waals surface area contributed by atoms with Crippen LogP contribution < -0.4 is 10.3 Å². The molecule has 6 rings (SSSR count). The van der Waals surface area contributed by atoms with E-state index in [-0.39, 0.29) is 5.91 Å². The molecule has 8 heteroatoms. The Morgan fingerprint density at radius 2 is 1.87 bits per heavy atom. The van der Waals surface area contributed by atoms with Crippen molar-refractivity contribution in [3.63, 3.8) is 0 Å². The minimum Gasteiger partial charge on any atom is -0.333 e. The number of carbonyl (C=O) groups is 1. The molecule has 0 atom stereocenters. The number of benzene rings is 2. The van der Waals surface area contributed by atoms with E-state index < -0.39 is 0 Å². The largest absolute Gasteiger partial charge is 0.333 e. The molecule has 0 aliphatic heterocycles. The lowest BCUT2D eigenvalue weighted by Crippen LogP contribution is -2.15. The molecule has 0 spiro atoms. The molecule has 0 unspecified atom stereocenters. The fourth-order valence-corrected chi connectivity index (χ4v) is 3.77. The van der Waals surface area contributed by atoms with Crippen LogP contribution in [0.3, 0.4) is 0 Å². The Balaban J connectivity index is 1.39. The fraction of sp³-hybridized carbons (Fsp3) is 0. The lowest BCUT2D eigenvalue weighted by molar-refractivity contribution is -0.376. The molecule has 4 heterocycles. The number of aromatic nitrogens is 6. The van der Waals surface area contributed by atoms with Gasteiger partial charge in [-0.05, 0) is 23.6 Å². The number of pyridine rings is 2. The van der Waals surface area contributed by atoms with Crippen LogP contribution in [0.2, 0.25) is 0 Å². The van der Waals surface area contributed by atoms with E-state index in [2.05, 4.69) is 35.2 Å². The highest BCUT2D eigenvalue weighted by atomic mass is 16.2. The van der Waals surface area contributed by atoms with Gasteiger partial charge in [0.25, 0.3) is 5.91 Å². The van der Waals surface area contributed by atoms with E-state index in [9.17, 15) is 4.79 Å². The van der Waals surface area contributed by atoms with E-state index >= 15 is 0 Å². The SMILES string of the molecule is O=C(Nc1nc2c(-c3nc4cc[nH+]cc4[nH]3)cccc2[nH]1)c1nccc2ccccc12. The van der Waals surface area contributed by atoms with Crippen LogP contribution in [0, 0.1) is 0 Å². The van der Waals surface area contributed by atoms with Crippen LogP contribution in [0.5, 0.6) is 0 Å². The molecule has 4 aromatic heterocycles. The van der Waals surface area contributed by atoms with Crippen molar-refractivity contribution in [3.05, 3.63) is 78.9 Å². The van der Waals surface area contributed by atoms with Gasteiger partial charge < -0.3 is 9.97 Å². The molecule has 0 aliphatic carbocycles. The number of para-hydroxylation sites is 1. The van der Waals surface area contributed by atoms with E-state index in [1.165, 1.54) is 0 Å². The number of carbonyl (C=O) groups excluding carboxylic acids is 1. The number of anilines is 1. The molecule has 2 aromatic carbocycles. The molecule has 0 saturated heterocycles. The molecule has 0 radical (unpaired) electrons. The highest BCUT2D eigenvalue weighted by Crippen LogP contribution is 2.28. The van der Waals surface area contributed by atoms with Gasteiger partial charge in [0.1, 0.15) is 28.1 Å².